The van der Waals surface area contributed by atoms with Crippen LogP contribution in [0.1, 0.15) is 41.9 Å². The molecule has 3 aromatic rings. The van der Waals surface area contributed by atoms with Crippen LogP contribution >= 0.6 is 22.9 Å². The number of benzene rings is 1. The molecule has 41 heavy (non-hydrogen) atoms. The molecule has 4 heterocycles. The number of allylic oxidation sites excluding steroid dienone is 1. The van der Waals surface area contributed by atoms with E-state index < -0.39 is 17.8 Å². The van der Waals surface area contributed by atoms with Crippen molar-refractivity contribution in [3.8, 4) is 0 Å². The van der Waals surface area contributed by atoms with Gasteiger partial charge in [0.05, 0.1) is 25.7 Å². The lowest BCUT2D eigenvalue weighted by Crippen LogP contribution is -2.42. The largest absolute Gasteiger partial charge is 0.466 e. The smallest absolute Gasteiger partial charge is 0.338 e. The number of ether oxygens (including phenoxy) is 2. The summed E-state index contributed by atoms with van der Waals surface area (Å²) >= 11 is 7.87. The fraction of sp³-hybridized carbons (Fsp3) is 0.357. The van der Waals surface area contributed by atoms with Gasteiger partial charge in [-0.05, 0) is 31.9 Å². The van der Waals surface area contributed by atoms with Crippen LogP contribution < -0.4 is 10.2 Å². The number of aromatic nitrogens is 3. The van der Waals surface area contributed by atoms with Gasteiger partial charge in [-0.25, -0.2) is 24.1 Å². The molecule has 1 atom stereocenters. The van der Waals surface area contributed by atoms with Crippen LogP contribution in [0, 0.1) is 11.7 Å². The monoisotopic (exact) mass is 598 g/mol. The molecule has 0 radical (unpaired) electrons. The fourth-order valence-electron chi connectivity index (χ4n) is 4.97. The first kappa shape index (κ1) is 28.6. The summed E-state index contributed by atoms with van der Waals surface area (Å²) in [5, 5.41) is 6.04. The number of methoxy groups -OCH3 is 1. The van der Waals surface area contributed by atoms with Crippen LogP contribution in [0.15, 0.2) is 58.4 Å². The Balaban J connectivity index is 1.41. The second-order valence-electron chi connectivity index (χ2n) is 9.46. The van der Waals surface area contributed by atoms with Gasteiger partial charge in [0.2, 0.25) is 5.95 Å². The normalized spacial score (nSPS) is 17.6. The number of aliphatic imine (C=N–C) groups is 1. The van der Waals surface area contributed by atoms with E-state index in [1.165, 1.54) is 30.6 Å². The number of hydrogen-bond donors (Lipinski definition) is 1. The molecular weight excluding hydrogens is 571 g/mol. The van der Waals surface area contributed by atoms with E-state index in [1.54, 1.807) is 31.6 Å². The molecular formula is C28H28ClFN6O4S. The first-order valence-corrected chi connectivity index (χ1v) is 14.4. The highest BCUT2D eigenvalue weighted by Gasteiger charge is 2.37. The summed E-state index contributed by atoms with van der Waals surface area (Å²) in [5.41, 5.74) is 2.20. The number of nitrogens with one attached hydrogen (secondary N) is 1. The molecule has 10 nitrogen and oxygen atoms in total. The van der Waals surface area contributed by atoms with Crippen molar-refractivity contribution >= 4 is 46.7 Å². The second-order valence-corrected chi connectivity index (χ2v) is 10.8. The van der Waals surface area contributed by atoms with Crippen LogP contribution in [0.25, 0.3) is 0 Å². The summed E-state index contributed by atoms with van der Waals surface area (Å²) in [6, 6.07) is 3.25. The molecule has 0 saturated carbocycles. The molecule has 1 unspecified atom stereocenters. The maximum Gasteiger partial charge on any atom is 0.338 e. The molecule has 1 fully saturated rings. The highest BCUT2D eigenvalue weighted by atomic mass is 35.5. The minimum absolute atomic E-state index is 0.0457. The van der Waals surface area contributed by atoms with Crippen LogP contribution in [0.2, 0.25) is 5.02 Å². The number of nitrogens with zero attached hydrogens (tertiary/aromatic N) is 5. The minimum Gasteiger partial charge on any atom is -0.466 e. The maximum absolute atomic E-state index is 13.9. The van der Waals surface area contributed by atoms with Crippen molar-refractivity contribution in [3.63, 3.8) is 0 Å². The van der Waals surface area contributed by atoms with Crippen molar-refractivity contribution in [3.05, 3.63) is 80.4 Å². The first-order valence-electron chi connectivity index (χ1n) is 13.1. The number of hydrogen-bond acceptors (Lipinski definition) is 11. The fourth-order valence-corrected chi connectivity index (χ4v) is 5.83. The van der Waals surface area contributed by atoms with Crippen LogP contribution in [-0.2, 0) is 25.5 Å². The average molecular weight is 599 g/mol. The molecule has 0 aliphatic carbocycles. The number of esters is 2. The number of piperidine rings is 1. The molecule has 2 aliphatic heterocycles. The zero-order chi connectivity index (χ0) is 28.9. The molecule has 0 amide bonds. The highest BCUT2D eigenvalue weighted by Crippen LogP contribution is 2.40. The van der Waals surface area contributed by atoms with Crippen LogP contribution in [-0.4, -0.2) is 59.5 Å². The summed E-state index contributed by atoms with van der Waals surface area (Å²) in [5.74, 6) is -0.311. The van der Waals surface area contributed by atoms with Gasteiger partial charge in [0.25, 0.3) is 0 Å². The standard InChI is InChI=1S/C28H28ClFN6O4S/c1-3-40-21(37)12-16-14-32-28(33-15-16)36-9-6-17(7-10-36)23-22(27(38)39-2)24(19-5-4-18(30)13-20(19)29)35-25(34-23)26-31-8-11-41-26/h4-5,8,11,13-15,17,24H,3,6-7,9-10,12H2,1-2H3,(H,34,35). The van der Waals surface area contributed by atoms with Crippen molar-refractivity contribution in [1.29, 1.82) is 0 Å². The van der Waals surface area contributed by atoms with Crippen molar-refractivity contribution in [2.45, 2.75) is 32.2 Å². The summed E-state index contributed by atoms with van der Waals surface area (Å²) in [6.45, 7) is 3.35. The Labute approximate surface area is 245 Å². The number of halogens is 2. The number of carbonyl (C=O) groups is 2. The second kappa shape index (κ2) is 12.7. The van der Waals surface area contributed by atoms with Crippen LogP contribution in [0.4, 0.5) is 10.3 Å². The van der Waals surface area contributed by atoms with Crippen LogP contribution in [0.5, 0.6) is 0 Å². The lowest BCUT2D eigenvalue weighted by Gasteiger charge is -2.36. The molecule has 0 bridgehead atoms. The SMILES string of the molecule is CCOC(=O)Cc1cnc(N2CCC(C3=C(C(=O)OC)C(c4ccc(F)cc4Cl)N=C(c4nccs4)N3)CC2)nc1. The third kappa shape index (κ3) is 6.38. The van der Waals surface area contributed by atoms with E-state index in [-0.39, 0.29) is 23.3 Å². The zero-order valence-corrected chi connectivity index (χ0v) is 24.0. The number of carbonyl (C=O) groups excluding carboxylic acids is 2. The predicted octanol–water partition coefficient (Wildman–Crippen LogP) is 4.27. The number of rotatable bonds is 8. The number of amidine groups is 1. The van der Waals surface area contributed by atoms with Crippen LogP contribution in [0.3, 0.4) is 0 Å². The van der Waals surface area contributed by atoms with Gasteiger partial charge >= 0.3 is 11.9 Å². The summed E-state index contributed by atoms with van der Waals surface area (Å²) < 4.78 is 24.1. The van der Waals surface area contributed by atoms with Gasteiger partial charge in [-0.15, -0.1) is 11.3 Å². The van der Waals surface area contributed by atoms with E-state index >= 15 is 0 Å². The molecule has 214 valence electrons. The highest BCUT2D eigenvalue weighted by molar-refractivity contribution is 7.11. The maximum atomic E-state index is 13.9. The van der Waals surface area contributed by atoms with Gasteiger partial charge in [-0.3, -0.25) is 9.79 Å². The van der Waals surface area contributed by atoms with Gasteiger partial charge in [0.1, 0.15) is 11.9 Å². The summed E-state index contributed by atoms with van der Waals surface area (Å²) in [7, 11) is 1.32. The third-order valence-corrected chi connectivity index (χ3v) is 8.01. The number of thiazole rings is 1. The van der Waals surface area contributed by atoms with E-state index in [1.807, 2.05) is 5.38 Å². The first-order chi connectivity index (χ1) is 19.9. The van der Waals surface area contributed by atoms with E-state index in [2.05, 4.69) is 25.2 Å². The van der Waals surface area contributed by atoms with Crippen molar-refractivity contribution < 1.29 is 23.5 Å². The molecule has 13 heteroatoms. The van der Waals surface area contributed by atoms with Gasteiger partial charge in [0, 0.05) is 64.8 Å². The Hall–Kier alpha value is -3.90. The Morgan fingerprint density at radius 3 is 2.59 bits per heavy atom. The van der Waals surface area contributed by atoms with Crippen molar-refractivity contribution in [2.75, 3.05) is 31.7 Å². The summed E-state index contributed by atoms with van der Waals surface area (Å²) in [4.78, 5) is 45.2. The average Bonchev–Trinajstić information content (AvgIpc) is 3.52. The van der Waals surface area contributed by atoms with Gasteiger partial charge in [-0.2, -0.15) is 0 Å². The molecule has 1 aromatic carbocycles. The minimum atomic E-state index is -0.806. The topological polar surface area (TPSA) is 119 Å². The third-order valence-electron chi connectivity index (χ3n) is 6.90. The van der Waals surface area contributed by atoms with E-state index in [0.29, 0.717) is 71.7 Å². The Morgan fingerprint density at radius 2 is 1.95 bits per heavy atom. The molecule has 5 rings (SSSR count). The predicted molar refractivity (Wildman–Crippen MR) is 152 cm³/mol. The van der Waals surface area contributed by atoms with E-state index in [9.17, 15) is 14.0 Å². The van der Waals surface area contributed by atoms with Gasteiger partial charge in [0.15, 0.2) is 10.8 Å². The lowest BCUT2D eigenvalue weighted by molar-refractivity contribution is -0.142. The quantitative estimate of drug-likeness (QED) is 0.379. The summed E-state index contributed by atoms with van der Waals surface area (Å²) in [6.07, 6.45) is 6.45. The molecule has 1 saturated heterocycles. The Kier molecular flexibility index (Phi) is 8.89. The van der Waals surface area contributed by atoms with Gasteiger partial charge < -0.3 is 19.7 Å². The van der Waals surface area contributed by atoms with E-state index in [0.717, 1.165) is 0 Å². The molecule has 1 N–H and O–H groups in total. The molecule has 2 aliphatic rings. The lowest BCUT2D eigenvalue weighted by atomic mass is 9.85. The molecule has 0 spiro atoms. The molecule has 2 aromatic heterocycles. The zero-order valence-electron chi connectivity index (χ0n) is 22.5. The van der Waals surface area contributed by atoms with Crippen molar-refractivity contribution in [2.24, 2.45) is 10.9 Å². The van der Waals surface area contributed by atoms with E-state index in [4.69, 9.17) is 26.1 Å². The Bertz CT molecular complexity index is 1470. The van der Waals surface area contributed by atoms with Crippen molar-refractivity contribution in [1.82, 2.24) is 20.3 Å². The Morgan fingerprint density at radius 1 is 1.20 bits per heavy atom. The van der Waals surface area contributed by atoms with Gasteiger partial charge in [-0.1, -0.05) is 17.7 Å². The number of anilines is 1.